The lowest BCUT2D eigenvalue weighted by atomic mass is 10.0. The predicted octanol–water partition coefficient (Wildman–Crippen LogP) is 5.75. The summed E-state index contributed by atoms with van der Waals surface area (Å²) in [5, 5.41) is 14.3. The Bertz CT molecular complexity index is 839. The average Bonchev–Trinajstić information content (AvgIpc) is 2.56. The molecule has 25 heavy (non-hydrogen) atoms. The molecule has 132 valence electrons. The van der Waals surface area contributed by atoms with Gasteiger partial charge in [-0.2, -0.15) is 0 Å². The Morgan fingerprint density at radius 2 is 2.12 bits per heavy atom. The minimum Gasteiger partial charge on any atom is -0.372 e. The van der Waals surface area contributed by atoms with Crippen LogP contribution in [-0.2, 0) is 0 Å². The maximum atomic E-state index is 14.3. The van der Waals surface area contributed by atoms with Gasteiger partial charge in [-0.05, 0) is 37.1 Å². The van der Waals surface area contributed by atoms with Crippen LogP contribution in [-0.4, -0.2) is 11.1 Å². The van der Waals surface area contributed by atoms with E-state index in [2.05, 4.69) is 38.5 Å². The fourth-order valence-corrected chi connectivity index (χ4v) is 3.08. The summed E-state index contributed by atoms with van der Waals surface area (Å²) in [6, 6.07) is 5.42. The van der Waals surface area contributed by atoms with Crippen LogP contribution in [0, 0.1) is 21.7 Å². The summed E-state index contributed by atoms with van der Waals surface area (Å²) in [4.78, 5) is 10.6. The van der Waals surface area contributed by atoms with Crippen molar-refractivity contribution in [2.75, 3.05) is 5.32 Å². The molecule has 0 aliphatic heterocycles. The first-order valence-electron chi connectivity index (χ1n) is 6.85. The predicted molar refractivity (Wildman–Crippen MR) is 101 cm³/mol. The van der Waals surface area contributed by atoms with Gasteiger partial charge in [0.2, 0.25) is 0 Å². The topological polar surface area (TPSA) is 67.5 Å². The molecule has 0 saturated heterocycles. The van der Waals surface area contributed by atoms with Crippen molar-refractivity contribution in [2.45, 2.75) is 12.5 Å². The van der Waals surface area contributed by atoms with Crippen LogP contribution >= 0.6 is 40.3 Å². The van der Waals surface area contributed by atoms with Crippen molar-refractivity contribution < 1.29 is 13.7 Å². The van der Waals surface area contributed by atoms with Crippen LogP contribution in [0.2, 0.25) is 5.02 Å². The van der Waals surface area contributed by atoms with Crippen molar-refractivity contribution in [3.63, 3.8) is 0 Å². The van der Waals surface area contributed by atoms with E-state index in [0.29, 0.717) is 4.47 Å². The average molecular weight is 451 g/mol. The largest absolute Gasteiger partial charge is 0.372 e. The number of benzene rings is 2. The van der Waals surface area contributed by atoms with Crippen molar-refractivity contribution in [1.29, 1.82) is 0 Å². The second kappa shape index (κ2) is 8.59. The van der Waals surface area contributed by atoms with Gasteiger partial charge in [-0.1, -0.05) is 27.5 Å². The molecule has 0 spiro atoms. The minimum absolute atomic E-state index is 0.0255. The van der Waals surface area contributed by atoms with Gasteiger partial charge >= 0.3 is 0 Å². The van der Waals surface area contributed by atoms with Gasteiger partial charge < -0.3 is 5.32 Å². The van der Waals surface area contributed by atoms with Crippen molar-refractivity contribution >= 4 is 57.9 Å². The van der Waals surface area contributed by atoms with E-state index in [-0.39, 0.29) is 28.4 Å². The van der Waals surface area contributed by atoms with Crippen molar-refractivity contribution in [1.82, 2.24) is 0 Å². The molecule has 10 heteroatoms. The molecular formula is C15H11BrClF2N3O2S. The fourth-order valence-electron chi connectivity index (χ4n) is 2.23. The zero-order chi connectivity index (χ0) is 18.6. The fraction of sp³-hybridized carbons (Fsp3) is 0.133. The van der Waals surface area contributed by atoms with Crippen LogP contribution in [0.25, 0.3) is 0 Å². The molecule has 0 fully saturated rings. The Morgan fingerprint density at radius 1 is 1.40 bits per heavy atom. The van der Waals surface area contributed by atoms with Gasteiger partial charge in [0.25, 0.3) is 5.69 Å². The molecule has 2 rings (SSSR count). The molecule has 0 amide bonds. The lowest BCUT2D eigenvalue weighted by molar-refractivity contribution is -0.384. The molecule has 2 aromatic carbocycles. The number of hydrogen-bond acceptors (Lipinski definition) is 5. The number of halogens is 4. The normalized spacial score (nSPS) is 12.4. The van der Waals surface area contributed by atoms with Crippen LogP contribution in [0.15, 0.2) is 39.2 Å². The van der Waals surface area contributed by atoms with E-state index in [1.165, 1.54) is 30.5 Å². The number of nitrogens with zero attached hydrogens (tertiary/aromatic N) is 2. The second-order valence-electron chi connectivity index (χ2n) is 4.91. The van der Waals surface area contributed by atoms with Gasteiger partial charge in [-0.25, -0.2) is 13.2 Å². The highest BCUT2D eigenvalue weighted by atomic mass is 79.9. The lowest BCUT2D eigenvalue weighted by Crippen LogP contribution is -2.15. The number of nitro benzene ring substituents is 1. The molecule has 0 aliphatic carbocycles. The Labute approximate surface area is 160 Å². The Balaban J connectivity index is 2.53. The highest BCUT2D eigenvalue weighted by molar-refractivity contribution is 9.10. The molecule has 0 bridgehead atoms. The van der Waals surface area contributed by atoms with Crippen LogP contribution in [0.5, 0.6) is 0 Å². The first kappa shape index (κ1) is 19.6. The molecule has 0 saturated carbocycles. The maximum absolute atomic E-state index is 14.3. The molecule has 0 heterocycles. The molecule has 0 aromatic heterocycles. The monoisotopic (exact) mass is 449 g/mol. The Hall–Kier alpha value is -1.71. The van der Waals surface area contributed by atoms with Gasteiger partial charge in [0.05, 0.1) is 11.0 Å². The summed E-state index contributed by atoms with van der Waals surface area (Å²) in [6.07, 6.45) is 1.47. The number of nitro groups is 1. The third-order valence-corrected chi connectivity index (χ3v) is 4.43. The summed E-state index contributed by atoms with van der Waals surface area (Å²) in [5.41, 5.74) is -0.196. The van der Waals surface area contributed by atoms with Crippen molar-refractivity contribution in [2.24, 2.45) is 4.40 Å². The van der Waals surface area contributed by atoms with E-state index in [4.69, 9.17) is 11.6 Å². The third kappa shape index (κ3) is 4.68. The summed E-state index contributed by atoms with van der Waals surface area (Å²) in [6.45, 7) is 0. The first-order chi connectivity index (χ1) is 11.8. The highest BCUT2D eigenvalue weighted by Crippen LogP contribution is 2.35. The van der Waals surface area contributed by atoms with Crippen LogP contribution in [0.3, 0.4) is 0 Å². The summed E-state index contributed by atoms with van der Waals surface area (Å²) >= 11 is 12.8. The molecular weight excluding hydrogens is 440 g/mol. The van der Waals surface area contributed by atoms with Crippen molar-refractivity contribution in [3.05, 3.63) is 67.1 Å². The molecule has 1 N–H and O–H groups in total. The van der Waals surface area contributed by atoms with Gasteiger partial charge in [-0.3, -0.25) is 10.1 Å². The van der Waals surface area contributed by atoms with E-state index in [9.17, 15) is 18.9 Å². The lowest BCUT2D eigenvalue weighted by Gasteiger charge is -2.21. The molecule has 2 aromatic rings. The van der Waals surface area contributed by atoms with Gasteiger partial charge in [0.1, 0.15) is 5.69 Å². The molecule has 1 atom stereocenters. The standard InChI is InChI=1S/C15H11BrClF2N3O2S/c16-9-2-3-10(18)15(19)14(9)11(5-6-20-25)21-12-7-8(17)1-4-13(12)22(23)24/h1-4,6-7,11,21,25H,5H2/b20-6+. The van der Waals surface area contributed by atoms with E-state index in [0.717, 1.165) is 6.07 Å². The van der Waals surface area contributed by atoms with E-state index >= 15 is 0 Å². The first-order valence-corrected chi connectivity index (χ1v) is 8.42. The van der Waals surface area contributed by atoms with Gasteiger partial charge in [-0.15, -0.1) is 0 Å². The number of hydrogen-bond donors (Lipinski definition) is 2. The number of anilines is 1. The van der Waals surface area contributed by atoms with Crippen LogP contribution in [0.1, 0.15) is 18.0 Å². The zero-order valence-corrected chi connectivity index (χ0v) is 15.7. The number of nitrogens with one attached hydrogen (secondary N) is 1. The maximum Gasteiger partial charge on any atom is 0.292 e. The Kier molecular flexibility index (Phi) is 6.74. The SMILES string of the molecule is O=[N+]([O-])c1ccc(Cl)cc1NC(C/C=N/S)c1c(Br)ccc(F)c1F. The van der Waals surface area contributed by atoms with Crippen LogP contribution < -0.4 is 5.32 Å². The van der Waals surface area contributed by atoms with E-state index in [1.807, 2.05) is 0 Å². The smallest absolute Gasteiger partial charge is 0.292 e. The molecule has 1 unspecified atom stereocenters. The quantitative estimate of drug-likeness (QED) is 0.194. The summed E-state index contributed by atoms with van der Waals surface area (Å²) < 4.78 is 31.8. The summed E-state index contributed by atoms with van der Waals surface area (Å²) in [5.74, 6) is -2.10. The minimum atomic E-state index is -1.07. The zero-order valence-electron chi connectivity index (χ0n) is 12.4. The Morgan fingerprint density at radius 3 is 2.76 bits per heavy atom. The number of rotatable bonds is 6. The van der Waals surface area contributed by atoms with Crippen molar-refractivity contribution in [3.8, 4) is 0 Å². The second-order valence-corrected chi connectivity index (χ2v) is 6.43. The highest BCUT2D eigenvalue weighted by Gasteiger charge is 2.24. The van der Waals surface area contributed by atoms with E-state index in [1.54, 1.807) is 0 Å². The van der Waals surface area contributed by atoms with Crippen LogP contribution in [0.4, 0.5) is 20.2 Å². The number of thiol groups is 1. The molecule has 0 aliphatic rings. The summed E-state index contributed by atoms with van der Waals surface area (Å²) in [7, 11) is 0. The van der Waals surface area contributed by atoms with Gasteiger partial charge in [0, 0.05) is 33.8 Å². The molecule has 5 nitrogen and oxygen atoms in total. The third-order valence-electron chi connectivity index (χ3n) is 3.34. The van der Waals surface area contributed by atoms with E-state index < -0.39 is 22.6 Å². The van der Waals surface area contributed by atoms with Gasteiger partial charge in [0.15, 0.2) is 11.6 Å². The molecule has 0 radical (unpaired) electrons.